The fourth-order valence-electron chi connectivity index (χ4n) is 1.74. The highest BCUT2D eigenvalue weighted by Crippen LogP contribution is 2.02. The minimum absolute atomic E-state index is 0.258. The van der Waals surface area contributed by atoms with Gasteiger partial charge in [0, 0.05) is 32.0 Å². The summed E-state index contributed by atoms with van der Waals surface area (Å²) in [6.45, 7) is 6.55. The first kappa shape index (κ1) is 18.0. The summed E-state index contributed by atoms with van der Waals surface area (Å²) in [5.41, 5.74) is 1.76. The van der Waals surface area contributed by atoms with E-state index in [2.05, 4.69) is 21.9 Å². The van der Waals surface area contributed by atoms with Crippen molar-refractivity contribution in [2.75, 3.05) is 26.7 Å². The fourth-order valence-corrected chi connectivity index (χ4v) is 2.68. The molecule has 0 aliphatic carbocycles. The van der Waals surface area contributed by atoms with Crippen LogP contribution in [0.1, 0.15) is 31.0 Å². The maximum absolute atomic E-state index is 12.1. The van der Waals surface area contributed by atoms with Gasteiger partial charge in [-0.2, -0.15) is 17.4 Å². The van der Waals surface area contributed by atoms with Crippen LogP contribution in [0.2, 0.25) is 0 Å². The largest absolute Gasteiger partial charge is 0.317 e. The van der Waals surface area contributed by atoms with Gasteiger partial charge in [-0.05, 0) is 44.5 Å². The number of rotatable bonds is 10. The van der Waals surface area contributed by atoms with Gasteiger partial charge in [0.15, 0.2) is 0 Å². The zero-order chi connectivity index (χ0) is 15.7. The van der Waals surface area contributed by atoms with Crippen molar-refractivity contribution in [2.24, 2.45) is 0 Å². The van der Waals surface area contributed by atoms with Gasteiger partial charge in [0.25, 0.3) is 10.2 Å². The van der Waals surface area contributed by atoms with Gasteiger partial charge in [-0.25, -0.2) is 0 Å². The van der Waals surface area contributed by atoms with Crippen molar-refractivity contribution < 1.29 is 8.42 Å². The molecule has 0 unspecified atom stereocenters. The Kier molecular flexibility index (Phi) is 7.81. The Morgan fingerprint density at radius 1 is 1.29 bits per heavy atom. The van der Waals surface area contributed by atoms with Gasteiger partial charge < -0.3 is 5.32 Å². The summed E-state index contributed by atoms with van der Waals surface area (Å²) in [6, 6.07) is 3.74. The Bertz CT molecular complexity index is 502. The van der Waals surface area contributed by atoms with E-state index in [9.17, 15) is 8.42 Å². The summed E-state index contributed by atoms with van der Waals surface area (Å²) >= 11 is 0. The molecule has 21 heavy (non-hydrogen) atoms. The van der Waals surface area contributed by atoms with Crippen LogP contribution in [-0.4, -0.2) is 44.4 Å². The molecule has 0 amide bonds. The number of nitrogens with one attached hydrogen (secondary N) is 2. The molecule has 120 valence electrons. The molecule has 0 atom stereocenters. The fraction of sp³-hybridized carbons (Fsp3) is 0.643. The first-order valence-electron chi connectivity index (χ1n) is 7.29. The third-order valence-corrected chi connectivity index (χ3v) is 4.61. The van der Waals surface area contributed by atoms with Gasteiger partial charge >= 0.3 is 0 Å². The number of hydrogen-bond donors (Lipinski definition) is 2. The van der Waals surface area contributed by atoms with Gasteiger partial charge in [-0.3, -0.25) is 4.98 Å². The molecule has 1 heterocycles. The zero-order valence-electron chi connectivity index (χ0n) is 13.1. The van der Waals surface area contributed by atoms with Gasteiger partial charge in [-0.15, -0.1) is 0 Å². The van der Waals surface area contributed by atoms with E-state index in [1.54, 1.807) is 13.2 Å². The molecule has 0 fully saturated rings. The molecule has 1 aromatic rings. The first-order chi connectivity index (χ1) is 9.95. The van der Waals surface area contributed by atoms with Crippen LogP contribution in [-0.2, 0) is 16.8 Å². The molecule has 0 aromatic carbocycles. The summed E-state index contributed by atoms with van der Waals surface area (Å²) in [7, 11) is -1.84. The zero-order valence-corrected chi connectivity index (χ0v) is 13.9. The van der Waals surface area contributed by atoms with E-state index >= 15 is 0 Å². The number of hydrogen-bond acceptors (Lipinski definition) is 4. The van der Waals surface area contributed by atoms with Gasteiger partial charge in [0.05, 0.1) is 0 Å². The highest BCUT2D eigenvalue weighted by Gasteiger charge is 2.16. The van der Waals surface area contributed by atoms with Crippen molar-refractivity contribution in [3.63, 3.8) is 0 Å². The molecule has 0 aliphatic heterocycles. The lowest BCUT2D eigenvalue weighted by molar-refractivity contribution is 0.444. The predicted octanol–water partition coefficient (Wildman–Crippen LogP) is 1.05. The minimum atomic E-state index is -3.43. The predicted molar refractivity (Wildman–Crippen MR) is 85.1 cm³/mol. The Labute approximate surface area is 128 Å². The molecule has 0 radical (unpaired) electrons. The summed E-state index contributed by atoms with van der Waals surface area (Å²) in [5, 5.41) is 3.25. The van der Waals surface area contributed by atoms with E-state index in [0.717, 1.165) is 37.2 Å². The minimum Gasteiger partial charge on any atom is -0.317 e. The van der Waals surface area contributed by atoms with Crippen LogP contribution in [0.5, 0.6) is 0 Å². The van der Waals surface area contributed by atoms with Gasteiger partial charge in [0.2, 0.25) is 0 Å². The Balaban J connectivity index is 2.36. The summed E-state index contributed by atoms with van der Waals surface area (Å²) in [6.07, 6.45) is 3.57. The average Bonchev–Trinajstić information content (AvgIpc) is 2.46. The number of nitrogens with zero attached hydrogens (tertiary/aromatic N) is 2. The molecular weight excluding hydrogens is 288 g/mol. The van der Waals surface area contributed by atoms with E-state index in [4.69, 9.17) is 0 Å². The second-order valence-corrected chi connectivity index (χ2v) is 6.92. The maximum Gasteiger partial charge on any atom is 0.279 e. The highest BCUT2D eigenvalue weighted by molar-refractivity contribution is 7.87. The van der Waals surface area contributed by atoms with E-state index in [0.29, 0.717) is 6.54 Å². The maximum atomic E-state index is 12.1. The molecule has 2 N–H and O–H groups in total. The third-order valence-electron chi connectivity index (χ3n) is 3.09. The van der Waals surface area contributed by atoms with E-state index in [-0.39, 0.29) is 6.54 Å². The lowest BCUT2D eigenvalue weighted by Gasteiger charge is -2.17. The lowest BCUT2D eigenvalue weighted by Crippen LogP contribution is -2.39. The van der Waals surface area contributed by atoms with E-state index < -0.39 is 10.2 Å². The second-order valence-electron chi connectivity index (χ2n) is 5.06. The molecule has 0 bridgehead atoms. The molecule has 0 aliphatic rings. The molecular formula is C14H26N4O2S. The Morgan fingerprint density at radius 3 is 2.67 bits per heavy atom. The van der Waals surface area contributed by atoms with Gasteiger partial charge in [0.1, 0.15) is 0 Å². The van der Waals surface area contributed by atoms with Crippen molar-refractivity contribution in [1.82, 2.24) is 19.3 Å². The van der Waals surface area contributed by atoms with Crippen LogP contribution >= 0.6 is 0 Å². The smallest absolute Gasteiger partial charge is 0.279 e. The van der Waals surface area contributed by atoms with Crippen LogP contribution < -0.4 is 10.0 Å². The molecule has 0 saturated carbocycles. The molecule has 7 heteroatoms. The van der Waals surface area contributed by atoms with Crippen LogP contribution in [0.15, 0.2) is 18.3 Å². The molecule has 6 nitrogen and oxygen atoms in total. The normalized spacial score (nSPS) is 12.0. The quantitative estimate of drug-likeness (QED) is 0.633. The van der Waals surface area contributed by atoms with Crippen LogP contribution in [0.25, 0.3) is 0 Å². The third kappa shape index (κ3) is 6.99. The van der Waals surface area contributed by atoms with Crippen LogP contribution in [0, 0.1) is 6.92 Å². The van der Waals surface area contributed by atoms with E-state index in [1.807, 2.05) is 19.1 Å². The lowest BCUT2D eigenvalue weighted by atomic mass is 10.2. The SMILES string of the molecule is CCCNCCCN(C)S(=O)(=O)NCc1ccc(C)nc1. The van der Waals surface area contributed by atoms with Gasteiger partial charge in [-0.1, -0.05) is 13.0 Å². The van der Waals surface area contributed by atoms with E-state index in [1.165, 1.54) is 4.31 Å². The number of pyridine rings is 1. The molecule has 1 aromatic heterocycles. The summed E-state index contributed by atoms with van der Waals surface area (Å²) < 4.78 is 28.1. The standard InChI is InChI=1S/C14H26N4O2S/c1-4-8-15-9-5-10-18(3)21(19,20)17-12-14-7-6-13(2)16-11-14/h6-7,11,15,17H,4-5,8-10,12H2,1-3H3. The topological polar surface area (TPSA) is 74.3 Å². The second kappa shape index (κ2) is 9.09. The van der Waals surface area contributed by atoms with Crippen molar-refractivity contribution in [1.29, 1.82) is 0 Å². The first-order valence-corrected chi connectivity index (χ1v) is 8.73. The Morgan fingerprint density at radius 2 is 2.05 bits per heavy atom. The monoisotopic (exact) mass is 314 g/mol. The summed E-state index contributed by atoms with van der Waals surface area (Å²) in [5.74, 6) is 0. The molecule has 0 saturated heterocycles. The number of aromatic nitrogens is 1. The Hall–Kier alpha value is -1.02. The molecule has 1 rings (SSSR count). The molecule has 0 spiro atoms. The highest BCUT2D eigenvalue weighted by atomic mass is 32.2. The summed E-state index contributed by atoms with van der Waals surface area (Å²) in [4.78, 5) is 4.15. The van der Waals surface area contributed by atoms with Crippen molar-refractivity contribution in [3.8, 4) is 0 Å². The van der Waals surface area contributed by atoms with Crippen LogP contribution in [0.4, 0.5) is 0 Å². The number of aryl methyl sites for hydroxylation is 1. The average molecular weight is 314 g/mol. The van der Waals surface area contributed by atoms with Crippen LogP contribution in [0.3, 0.4) is 0 Å². The van der Waals surface area contributed by atoms with Crippen molar-refractivity contribution in [2.45, 2.75) is 33.2 Å². The van der Waals surface area contributed by atoms with Crippen molar-refractivity contribution >= 4 is 10.2 Å². The van der Waals surface area contributed by atoms with Crippen molar-refractivity contribution in [3.05, 3.63) is 29.6 Å².